The molecule has 0 spiro atoms. The molecule has 0 amide bonds. The summed E-state index contributed by atoms with van der Waals surface area (Å²) in [4.78, 5) is 10.9. The number of rotatable bonds is 3. The summed E-state index contributed by atoms with van der Waals surface area (Å²) in [6.07, 6.45) is 2.60. The Morgan fingerprint density at radius 3 is 2.73 bits per heavy atom. The van der Waals surface area contributed by atoms with E-state index in [1.807, 2.05) is 30.3 Å². The molecule has 22 heavy (non-hydrogen) atoms. The van der Waals surface area contributed by atoms with Crippen LogP contribution < -0.4 is 0 Å². The highest BCUT2D eigenvalue weighted by atomic mass is 16.5. The molecule has 0 saturated heterocycles. The van der Waals surface area contributed by atoms with Gasteiger partial charge in [-0.25, -0.2) is 4.79 Å². The van der Waals surface area contributed by atoms with Gasteiger partial charge in [0, 0.05) is 6.42 Å². The van der Waals surface area contributed by atoms with E-state index >= 15 is 0 Å². The second kappa shape index (κ2) is 6.16. The van der Waals surface area contributed by atoms with Crippen LogP contribution in [0, 0.1) is 0 Å². The Morgan fingerprint density at radius 2 is 1.91 bits per heavy atom. The van der Waals surface area contributed by atoms with Crippen LogP contribution in [0.2, 0.25) is 0 Å². The number of carboxylic acids is 1. The maximum Gasteiger partial charge on any atom is 0.329 e. The molecule has 0 aliphatic heterocycles. The predicted molar refractivity (Wildman–Crippen MR) is 86.5 cm³/mol. The Bertz CT molecular complexity index is 731. The predicted octanol–water partition coefficient (Wildman–Crippen LogP) is 3.95. The lowest BCUT2D eigenvalue weighted by molar-refractivity contribution is -0.144. The fraction of sp³-hybridized carbons (Fsp3) is 0.211. The van der Waals surface area contributed by atoms with Crippen LogP contribution in [0.4, 0.5) is 0 Å². The van der Waals surface area contributed by atoms with Crippen molar-refractivity contribution in [2.75, 3.05) is 6.61 Å². The summed E-state index contributed by atoms with van der Waals surface area (Å²) in [7, 11) is 0. The molecule has 0 bridgehead atoms. The molecule has 3 rings (SSSR count). The van der Waals surface area contributed by atoms with Crippen LogP contribution in [0.5, 0.6) is 0 Å². The van der Waals surface area contributed by atoms with Crippen molar-refractivity contribution in [3.8, 4) is 0 Å². The lowest BCUT2D eigenvalue weighted by Crippen LogP contribution is -2.16. The van der Waals surface area contributed by atoms with Gasteiger partial charge in [-0.2, -0.15) is 0 Å². The van der Waals surface area contributed by atoms with Crippen molar-refractivity contribution in [1.29, 1.82) is 0 Å². The van der Waals surface area contributed by atoms with Gasteiger partial charge in [0.05, 0.1) is 6.10 Å². The summed E-state index contributed by atoms with van der Waals surface area (Å²) in [6.45, 7) is 1.79. The van der Waals surface area contributed by atoms with E-state index < -0.39 is 5.97 Å². The first-order chi connectivity index (χ1) is 10.6. The highest BCUT2D eigenvalue weighted by Gasteiger charge is 2.21. The lowest BCUT2D eigenvalue weighted by atomic mass is 9.88. The number of hydrogen-bond acceptors (Lipinski definition) is 2. The maximum absolute atomic E-state index is 10.9. The molecule has 0 radical (unpaired) electrons. The van der Waals surface area contributed by atoms with Crippen LogP contribution in [0.15, 0.2) is 48.5 Å². The highest BCUT2D eigenvalue weighted by molar-refractivity contribution is 5.83. The molecular formula is C19H18O3. The number of ether oxygens (including phenoxy) is 1. The van der Waals surface area contributed by atoms with E-state index in [-0.39, 0.29) is 12.7 Å². The highest BCUT2D eigenvalue weighted by Crippen LogP contribution is 2.34. The van der Waals surface area contributed by atoms with E-state index in [0.29, 0.717) is 6.42 Å². The van der Waals surface area contributed by atoms with Crippen molar-refractivity contribution in [1.82, 2.24) is 0 Å². The molecule has 1 unspecified atom stereocenters. The number of allylic oxidation sites excluding steroid dienone is 1. The van der Waals surface area contributed by atoms with Gasteiger partial charge in [-0.05, 0) is 34.8 Å². The molecule has 112 valence electrons. The largest absolute Gasteiger partial charge is 0.480 e. The SMILES string of the molecule is C/C1=C/c2ccccc2CC(OCC(=O)O)c2ccccc21. The Morgan fingerprint density at radius 1 is 1.18 bits per heavy atom. The molecule has 1 N–H and O–H groups in total. The molecular weight excluding hydrogens is 276 g/mol. The van der Waals surface area contributed by atoms with Gasteiger partial charge >= 0.3 is 5.97 Å². The third kappa shape index (κ3) is 2.95. The van der Waals surface area contributed by atoms with Crippen LogP contribution in [0.1, 0.15) is 35.3 Å². The first kappa shape index (κ1) is 14.5. The summed E-state index contributed by atoms with van der Waals surface area (Å²) in [5.41, 5.74) is 5.66. The average Bonchev–Trinajstić information content (AvgIpc) is 2.51. The van der Waals surface area contributed by atoms with Gasteiger partial charge in [0.1, 0.15) is 6.61 Å². The molecule has 0 aromatic heterocycles. The quantitative estimate of drug-likeness (QED) is 0.932. The number of benzene rings is 2. The fourth-order valence-electron chi connectivity index (χ4n) is 2.94. The lowest BCUT2D eigenvalue weighted by Gasteiger charge is -2.24. The Labute approximate surface area is 129 Å². The van der Waals surface area contributed by atoms with E-state index in [4.69, 9.17) is 9.84 Å². The van der Waals surface area contributed by atoms with Crippen molar-refractivity contribution >= 4 is 17.6 Å². The van der Waals surface area contributed by atoms with Crippen LogP contribution in [0.3, 0.4) is 0 Å². The van der Waals surface area contributed by atoms with Crippen LogP contribution in [0.25, 0.3) is 11.6 Å². The summed E-state index contributed by atoms with van der Waals surface area (Å²) >= 11 is 0. The molecule has 1 aliphatic carbocycles. The van der Waals surface area contributed by atoms with Crippen molar-refractivity contribution < 1.29 is 14.6 Å². The standard InChI is InChI=1S/C19H18O3/c1-13-10-14-6-2-3-7-15(14)11-18(22-12-19(20)21)17-9-5-4-8-16(13)17/h2-10,18H,11-12H2,1H3,(H,20,21)/b13-10-. The van der Waals surface area contributed by atoms with E-state index in [1.165, 1.54) is 11.1 Å². The van der Waals surface area contributed by atoms with Crippen molar-refractivity contribution in [2.24, 2.45) is 0 Å². The number of fused-ring (bicyclic) bond motifs is 2. The second-order valence-corrected chi connectivity index (χ2v) is 5.51. The third-order valence-electron chi connectivity index (χ3n) is 3.97. The smallest absolute Gasteiger partial charge is 0.329 e. The third-order valence-corrected chi connectivity index (χ3v) is 3.97. The zero-order chi connectivity index (χ0) is 15.5. The van der Waals surface area contributed by atoms with Crippen molar-refractivity contribution in [2.45, 2.75) is 19.4 Å². The molecule has 3 nitrogen and oxygen atoms in total. The van der Waals surface area contributed by atoms with Crippen molar-refractivity contribution in [3.63, 3.8) is 0 Å². The van der Waals surface area contributed by atoms with E-state index in [0.717, 1.165) is 16.7 Å². The normalized spacial score (nSPS) is 19.1. The second-order valence-electron chi connectivity index (χ2n) is 5.51. The molecule has 1 atom stereocenters. The summed E-state index contributed by atoms with van der Waals surface area (Å²) in [6, 6.07) is 16.2. The monoisotopic (exact) mass is 294 g/mol. The summed E-state index contributed by atoms with van der Waals surface area (Å²) in [5.74, 6) is -0.944. The minimum atomic E-state index is -0.944. The number of hydrogen-bond donors (Lipinski definition) is 1. The van der Waals surface area contributed by atoms with Gasteiger partial charge in [-0.1, -0.05) is 54.6 Å². The van der Waals surface area contributed by atoms with E-state index in [2.05, 4.69) is 31.2 Å². The topological polar surface area (TPSA) is 46.5 Å². The van der Waals surface area contributed by atoms with Crippen LogP contribution >= 0.6 is 0 Å². The minimum Gasteiger partial charge on any atom is -0.480 e. The minimum absolute atomic E-state index is 0.253. The van der Waals surface area contributed by atoms with Gasteiger partial charge in [-0.15, -0.1) is 0 Å². The van der Waals surface area contributed by atoms with Gasteiger partial charge in [0.2, 0.25) is 0 Å². The molecule has 2 aromatic rings. The molecule has 2 aromatic carbocycles. The maximum atomic E-state index is 10.9. The fourth-order valence-corrected chi connectivity index (χ4v) is 2.94. The van der Waals surface area contributed by atoms with Gasteiger partial charge < -0.3 is 9.84 Å². The number of aliphatic carboxylic acids is 1. The molecule has 3 heteroatoms. The Kier molecular flexibility index (Phi) is 4.07. The van der Waals surface area contributed by atoms with Gasteiger partial charge in [0.25, 0.3) is 0 Å². The zero-order valence-electron chi connectivity index (χ0n) is 12.5. The first-order valence-corrected chi connectivity index (χ1v) is 7.34. The van der Waals surface area contributed by atoms with Gasteiger partial charge in [-0.3, -0.25) is 0 Å². The first-order valence-electron chi connectivity index (χ1n) is 7.34. The Balaban J connectivity index is 2.09. The van der Waals surface area contributed by atoms with Gasteiger partial charge in [0.15, 0.2) is 0 Å². The van der Waals surface area contributed by atoms with E-state index in [9.17, 15) is 4.79 Å². The van der Waals surface area contributed by atoms with E-state index in [1.54, 1.807) is 0 Å². The number of carbonyl (C=O) groups is 1. The van der Waals surface area contributed by atoms with Crippen LogP contribution in [-0.4, -0.2) is 17.7 Å². The van der Waals surface area contributed by atoms with Crippen molar-refractivity contribution in [3.05, 3.63) is 70.8 Å². The summed E-state index contributed by atoms with van der Waals surface area (Å²) in [5, 5.41) is 8.93. The summed E-state index contributed by atoms with van der Waals surface area (Å²) < 4.78 is 5.68. The Hall–Kier alpha value is -2.39. The van der Waals surface area contributed by atoms with Crippen LogP contribution in [-0.2, 0) is 16.0 Å². The number of carboxylic acid groups (broad SMARTS) is 1. The molecule has 0 fully saturated rings. The average molecular weight is 294 g/mol. The molecule has 0 saturated carbocycles. The zero-order valence-corrected chi connectivity index (χ0v) is 12.5. The molecule has 0 heterocycles. The molecule has 1 aliphatic rings.